The van der Waals surface area contributed by atoms with Crippen LogP contribution >= 0.6 is 11.8 Å². The molecule has 106 valence electrons. The fourth-order valence-electron chi connectivity index (χ4n) is 2.27. The maximum atomic E-state index is 5.60. The molecule has 0 bridgehead atoms. The lowest BCUT2D eigenvalue weighted by molar-refractivity contribution is 0.499. The average Bonchev–Trinajstić information content (AvgIpc) is 3.08. The summed E-state index contributed by atoms with van der Waals surface area (Å²) in [4.78, 5) is 1.26. The minimum atomic E-state index is 0.0151. The highest BCUT2D eigenvalue weighted by Gasteiger charge is 2.16. The maximum absolute atomic E-state index is 5.60. The van der Waals surface area contributed by atoms with Crippen LogP contribution in [-0.4, -0.2) is 6.26 Å². The number of anilines is 1. The van der Waals surface area contributed by atoms with Gasteiger partial charge in [-0.2, -0.15) is 0 Å². The van der Waals surface area contributed by atoms with Gasteiger partial charge in [0, 0.05) is 10.6 Å². The Morgan fingerprint density at radius 2 is 1.67 bits per heavy atom. The van der Waals surface area contributed by atoms with Crippen LogP contribution < -0.4 is 5.32 Å². The molecule has 0 spiro atoms. The Kier molecular flexibility index (Phi) is 4.31. The molecule has 0 aliphatic heterocycles. The van der Waals surface area contributed by atoms with E-state index in [0.29, 0.717) is 0 Å². The van der Waals surface area contributed by atoms with Crippen LogP contribution in [0.5, 0.6) is 0 Å². The molecule has 3 aromatic rings. The highest BCUT2D eigenvalue weighted by Crippen LogP contribution is 2.27. The van der Waals surface area contributed by atoms with Crippen LogP contribution in [0, 0.1) is 0 Å². The van der Waals surface area contributed by atoms with E-state index in [-0.39, 0.29) is 6.04 Å². The molecular formula is C18H17NOS. The second kappa shape index (κ2) is 6.55. The van der Waals surface area contributed by atoms with Gasteiger partial charge in [0.2, 0.25) is 0 Å². The number of benzene rings is 2. The van der Waals surface area contributed by atoms with Gasteiger partial charge in [0.15, 0.2) is 0 Å². The molecule has 2 aromatic carbocycles. The van der Waals surface area contributed by atoms with E-state index in [0.717, 1.165) is 11.4 Å². The minimum absolute atomic E-state index is 0.0151. The molecular weight excluding hydrogens is 278 g/mol. The number of thioether (sulfide) groups is 1. The van der Waals surface area contributed by atoms with Crippen molar-refractivity contribution in [3.05, 3.63) is 84.3 Å². The van der Waals surface area contributed by atoms with E-state index in [1.54, 1.807) is 18.0 Å². The van der Waals surface area contributed by atoms with Crippen molar-refractivity contribution >= 4 is 17.4 Å². The molecule has 0 fully saturated rings. The van der Waals surface area contributed by atoms with Crippen LogP contribution in [0.25, 0.3) is 0 Å². The standard InChI is InChI=1S/C18H17NOS/c1-21-16-11-9-15(10-12-16)19-18(17-8-5-13-20-17)14-6-3-2-4-7-14/h2-13,18-19H,1H3. The van der Waals surface area contributed by atoms with Gasteiger partial charge in [0.05, 0.1) is 6.26 Å². The Bertz CT molecular complexity index is 662. The van der Waals surface area contributed by atoms with Crippen molar-refractivity contribution in [3.8, 4) is 0 Å². The minimum Gasteiger partial charge on any atom is -0.467 e. The van der Waals surface area contributed by atoms with E-state index in [2.05, 4.69) is 48.0 Å². The summed E-state index contributed by atoms with van der Waals surface area (Å²) in [6.45, 7) is 0. The van der Waals surface area contributed by atoms with E-state index in [9.17, 15) is 0 Å². The Morgan fingerprint density at radius 1 is 0.905 bits per heavy atom. The highest BCUT2D eigenvalue weighted by atomic mass is 32.2. The summed E-state index contributed by atoms with van der Waals surface area (Å²) < 4.78 is 5.60. The smallest absolute Gasteiger partial charge is 0.130 e. The Labute approximate surface area is 129 Å². The zero-order chi connectivity index (χ0) is 14.5. The lowest BCUT2D eigenvalue weighted by Gasteiger charge is -2.18. The first-order valence-corrected chi connectivity index (χ1v) is 8.08. The number of nitrogens with one attached hydrogen (secondary N) is 1. The van der Waals surface area contributed by atoms with Crippen LogP contribution in [0.2, 0.25) is 0 Å². The van der Waals surface area contributed by atoms with Crippen LogP contribution in [0.4, 0.5) is 5.69 Å². The zero-order valence-electron chi connectivity index (χ0n) is 11.8. The van der Waals surface area contributed by atoms with Gasteiger partial charge in [-0.25, -0.2) is 0 Å². The molecule has 1 N–H and O–H groups in total. The largest absolute Gasteiger partial charge is 0.467 e. The molecule has 0 radical (unpaired) electrons. The average molecular weight is 295 g/mol. The highest BCUT2D eigenvalue weighted by molar-refractivity contribution is 7.98. The van der Waals surface area contributed by atoms with Crippen LogP contribution in [0.15, 0.2) is 82.3 Å². The lowest BCUT2D eigenvalue weighted by atomic mass is 10.0. The molecule has 3 rings (SSSR count). The van der Waals surface area contributed by atoms with E-state index in [1.165, 1.54) is 10.5 Å². The van der Waals surface area contributed by atoms with Gasteiger partial charge >= 0.3 is 0 Å². The fraction of sp³-hybridized carbons (Fsp3) is 0.111. The van der Waals surface area contributed by atoms with Gasteiger partial charge in [-0.05, 0) is 48.2 Å². The lowest BCUT2D eigenvalue weighted by Crippen LogP contribution is -2.11. The number of hydrogen-bond donors (Lipinski definition) is 1. The topological polar surface area (TPSA) is 25.2 Å². The van der Waals surface area contributed by atoms with Gasteiger partial charge in [-0.15, -0.1) is 11.8 Å². The van der Waals surface area contributed by atoms with E-state index in [1.807, 2.05) is 30.3 Å². The first kappa shape index (κ1) is 13.8. The molecule has 0 aliphatic carbocycles. The second-order valence-electron chi connectivity index (χ2n) is 4.73. The van der Waals surface area contributed by atoms with Gasteiger partial charge in [-0.3, -0.25) is 0 Å². The molecule has 0 amide bonds. The SMILES string of the molecule is CSc1ccc(NC(c2ccccc2)c2ccco2)cc1. The summed E-state index contributed by atoms with van der Waals surface area (Å²) in [5.41, 5.74) is 2.26. The molecule has 21 heavy (non-hydrogen) atoms. The van der Waals surface area contributed by atoms with Crippen LogP contribution in [0.1, 0.15) is 17.4 Å². The van der Waals surface area contributed by atoms with Crippen molar-refractivity contribution in [1.29, 1.82) is 0 Å². The summed E-state index contributed by atoms with van der Waals surface area (Å²) in [6.07, 6.45) is 3.79. The predicted octanol–water partition coefficient (Wildman–Crippen LogP) is 5.20. The maximum Gasteiger partial charge on any atom is 0.130 e. The van der Waals surface area contributed by atoms with Crippen molar-refractivity contribution < 1.29 is 4.42 Å². The molecule has 3 heteroatoms. The molecule has 2 nitrogen and oxygen atoms in total. The van der Waals surface area contributed by atoms with Crippen molar-refractivity contribution in [1.82, 2.24) is 0 Å². The second-order valence-corrected chi connectivity index (χ2v) is 5.61. The first-order valence-electron chi connectivity index (χ1n) is 6.86. The van der Waals surface area contributed by atoms with Crippen molar-refractivity contribution in [2.24, 2.45) is 0 Å². The molecule has 1 atom stereocenters. The van der Waals surface area contributed by atoms with Crippen molar-refractivity contribution in [3.63, 3.8) is 0 Å². The molecule has 0 saturated carbocycles. The third-order valence-corrected chi connectivity index (χ3v) is 4.11. The van der Waals surface area contributed by atoms with Gasteiger partial charge < -0.3 is 9.73 Å². The van der Waals surface area contributed by atoms with E-state index < -0.39 is 0 Å². The molecule has 0 aliphatic rings. The molecule has 0 saturated heterocycles. The van der Waals surface area contributed by atoms with Crippen LogP contribution in [-0.2, 0) is 0 Å². The number of furan rings is 1. The predicted molar refractivity (Wildman–Crippen MR) is 88.8 cm³/mol. The summed E-state index contributed by atoms with van der Waals surface area (Å²) in [5, 5.41) is 3.55. The zero-order valence-corrected chi connectivity index (χ0v) is 12.6. The summed E-state index contributed by atoms with van der Waals surface area (Å²) >= 11 is 1.74. The normalized spacial score (nSPS) is 12.0. The molecule has 1 aromatic heterocycles. The summed E-state index contributed by atoms with van der Waals surface area (Å²) in [5.74, 6) is 0.912. The number of hydrogen-bond acceptors (Lipinski definition) is 3. The fourth-order valence-corrected chi connectivity index (χ4v) is 2.68. The quantitative estimate of drug-likeness (QED) is 0.655. The van der Waals surface area contributed by atoms with Gasteiger partial charge in [0.25, 0.3) is 0 Å². The third-order valence-electron chi connectivity index (χ3n) is 3.36. The Hall–Kier alpha value is -2.13. The number of rotatable bonds is 5. The first-order chi connectivity index (χ1) is 10.4. The Morgan fingerprint density at radius 3 is 2.29 bits per heavy atom. The molecule has 1 heterocycles. The van der Waals surface area contributed by atoms with Gasteiger partial charge in [-0.1, -0.05) is 30.3 Å². The monoisotopic (exact) mass is 295 g/mol. The van der Waals surface area contributed by atoms with Crippen LogP contribution in [0.3, 0.4) is 0 Å². The van der Waals surface area contributed by atoms with Gasteiger partial charge in [0.1, 0.15) is 11.8 Å². The Balaban J connectivity index is 1.89. The summed E-state index contributed by atoms with van der Waals surface area (Å²) in [6, 6.07) is 22.7. The van der Waals surface area contributed by atoms with E-state index >= 15 is 0 Å². The van der Waals surface area contributed by atoms with Crippen molar-refractivity contribution in [2.45, 2.75) is 10.9 Å². The third kappa shape index (κ3) is 3.31. The van der Waals surface area contributed by atoms with Crippen molar-refractivity contribution in [2.75, 3.05) is 11.6 Å². The van der Waals surface area contributed by atoms with E-state index in [4.69, 9.17) is 4.42 Å². The summed E-state index contributed by atoms with van der Waals surface area (Å²) in [7, 11) is 0. The molecule has 1 unspecified atom stereocenters.